The Morgan fingerprint density at radius 3 is 2.58 bits per heavy atom. The number of halogens is 5. The third kappa shape index (κ3) is 5.55. The molecule has 0 saturated carbocycles. The average Bonchev–Trinajstić information content (AvgIpc) is 2.75. The van der Waals surface area contributed by atoms with E-state index in [1.807, 2.05) is 0 Å². The molecule has 2 aromatic carbocycles. The Labute approximate surface area is 199 Å². The molecule has 178 valence electrons. The van der Waals surface area contributed by atoms with Crippen LogP contribution < -0.4 is 16.0 Å². The minimum absolute atomic E-state index is 0.00891. The van der Waals surface area contributed by atoms with Crippen LogP contribution in [0.5, 0.6) is 0 Å². The van der Waals surface area contributed by atoms with Crippen molar-refractivity contribution in [2.45, 2.75) is 30.5 Å². The number of rotatable bonds is 7. The summed E-state index contributed by atoms with van der Waals surface area (Å²) in [7, 11) is -4.36. The normalized spacial score (nSPS) is 14.9. The summed E-state index contributed by atoms with van der Waals surface area (Å²) >= 11 is 11.9. The topological polar surface area (TPSA) is 99.8 Å². The van der Waals surface area contributed by atoms with Crippen molar-refractivity contribution in [3.05, 3.63) is 69.1 Å². The molecule has 0 aliphatic carbocycles. The molecule has 13 heteroatoms. The van der Waals surface area contributed by atoms with Crippen molar-refractivity contribution >= 4 is 45.6 Å². The number of anilines is 1. The fourth-order valence-electron chi connectivity index (χ4n) is 3.42. The quantitative estimate of drug-likeness (QED) is 0.277. The molecular formula is C20H20Cl2F3N5O2S. The molecule has 0 unspecified atom stereocenters. The summed E-state index contributed by atoms with van der Waals surface area (Å²) < 4.78 is 68.3. The molecule has 1 aliphatic rings. The Bertz CT molecular complexity index is 1200. The number of aliphatic imine (C=N–C) groups is 1. The second kappa shape index (κ2) is 9.80. The van der Waals surface area contributed by atoms with Gasteiger partial charge in [0.25, 0.3) is 10.0 Å². The van der Waals surface area contributed by atoms with E-state index in [9.17, 15) is 21.6 Å². The summed E-state index contributed by atoms with van der Waals surface area (Å²) in [6.45, 7) is 4.08. The van der Waals surface area contributed by atoms with Gasteiger partial charge in [0, 0.05) is 13.1 Å². The minimum atomic E-state index is -4.68. The predicted octanol–water partition coefficient (Wildman–Crippen LogP) is 4.74. The van der Waals surface area contributed by atoms with Gasteiger partial charge in [-0.05, 0) is 49.4 Å². The lowest BCUT2D eigenvalue weighted by Crippen LogP contribution is -2.39. The van der Waals surface area contributed by atoms with Gasteiger partial charge in [0.15, 0.2) is 0 Å². The second-order valence-corrected chi connectivity index (χ2v) is 9.59. The second-order valence-electron chi connectivity index (χ2n) is 7.15. The SMILES string of the molecule is C=NC1=C(NN)N(Cc2ccc(C(F)(F)F)cc2NS(=O)(=O)c2cccc(Cl)c2Cl)CCC1. The first-order valence-electron chi connectivity index (χ1n) is 9.56. The van der Waals surface area contributed by atoms with Crippen LogP contribution in [0.25, 0.3) is 0 Å². The van der Waals surface area contributed by atoms with E-state index in [0.717, 1.165) is 12.1 Å². The van der Waals surface area contributed by atoms with E-state index >= 15 is 0 Å². The van der Waals surface area contributed by atoms with Crippen LogP contribution >= 0.6 is 23.2 Å². The Morgan fingerprint density at radius 1 is 1.21 bits per heavy atom. The van der Waals surface area contributed by atoms with Crippen molar-refractivity contribution in [3.8, 4) is 0 Å². The van der Waals surface area contributed by atoms with Crippen molar-refractivity contribution in [2.24, 2.45) is 10.8 Å². The molecule has 0 saturated heterocycles. The van der Waals surface area contributed by atoms with Crippen molar-refractivity contribution < 1.29 is 21.6 Å². The number of nitrogens with two attached hydrogens (primary N) is 1. The van der Waals surface area contributed by atoms with Crippen molar-refractivity contribution in [1.82, 2.24) is 10.3 Å². The predicted molar refractivity (Wildman–Crippen MR) is 122 cm³/mol. The van der Waals surface area contributed by atoms with Crippen LogP contribution in [0.1, 0.15) is 24.0 Å². The van der Waals surface area contributed by atoms with Gasteiger partial charge in [-0.15, -0.1) is 0 Å². The molecule has 33 heavy (non-hydrogen) atoms. The van der Waals surface area contributed by atoms with Gasteiger partial charge >= 0.3 is 6.18 Å². The lowest BCUT2D eigenvalue weighted by atomic mass is 10.1. The number of alkyl halides is 3. The standard InChI is InChI=1S/C20H20Cl2F3N5O2S/c1-27-15-5-3-9-30(19(15)28-26)11-12-7-8-13(20(23,24)25)10-16(12)29-33(31,32)17-6-2-4-14(21)18(17)22/h2,4,6-8,10,28-29H,1,3,5,9,11,26H2. The Morgan fingerprint density at radius 2 is 1.94 bits per heavy atom. The number of hydrogen-bond acceptors (Lipinski definition) is 6. The summed E-state index contributed by atoms with van der Waals surface area (Å²) in [5.41, 5.74) is 2.15. The zero-order valence-electron chi connectivity index (χ0n) is 17.1. The van der Waals surface area contributed by atoms with E-state index < -0.39 is 21.8 Å². The third-order valence-corrected chi connectivity index (χ3v) is 7.35. The van der Waals surface area contributed by atoms with Crippen LogP contribution in [0.4, 0.5) is 18.9 Å². The molecule has 2 aromatic rings. The number of hydrazine groups is 1. The molecule has 0 spiro atoms. The lowest BCUT2D eigenvalue weighted by Gasteiger charge is -2.32. The highest BCUT2D eigenvalue weighted by molar-refractivity contribution is 7.92. The molecule has 0 aromatic heterocycles. The van der Waals surface area contributed by atoms with Crippen LogP contribution in [-0.2, 0) is 22.7 Å². The first-order chi connectivity index (χ1) is 15.5. The van der Waals surface area contributed by atoms with E-state index in [1.165, 1.54) is 24.3 Å². The smallest absolute Gasteiger partial charge is 0.351 e. The highest BCUT2D eigenvalue weighted by atomic mass is 35.5. The Balaban J connectivity index is 2.06. The highest BCUT2D eigenvalue weighted by Gasteiger charge is 2.32. The van der Waals surface area contributed by atoms with Gasteiger partial charge in [0.05, 0.1) is 27.0 Å². The first kappa shape index (κ1) is 25.2. The largest absolute Gasteiger partial charge is 0.416 e. The lowest BCUT2D eigenvalue weighted by molar-refractivity contribution is -0.137. The Hall–Kier alpha value is -2.47. The van der Waals surface area contributed by atoms with Crippen molar-refractivity contribution in [1.29, 1.82) is 0 Å². The first-order valence-corrected chi connectivity index (χ1v) is 11.8. The maximum Gasteiger partial charge on any atom is 0.416 e. The van der Waals surface area contributed by atoms with Crippen LogP contribution in [-0.4, -0.2) is 26.6 Å². The molecular weight excluding hydrogens is 502 g/mol. The molecule has 4 N–H and O–H groups in total. The van der Waals surface area contributed by atoms with Crippen molar-refractivity contribution in [3.63, 3.8) is 0 Å². The third-order valence-electron chi connectivity index (χ3n) is 5.01. The zero-order chi connectivity index (χ0) is 24.4. The van der Waals surface area contributed by atoms with Crippen LogP contribution in [0, 0.1) is 0 Å². The van der Waals surface area contributed by atoms with E-state index in [0.29, 0.717) is 30.9 Å². The molecule has 1 heterocycles. The number of benzene rings is 2. The van der Waals surface area contributed by atoms with Gasteiger partial charge in [-0.2, -0.15) is 13.2 Å². The molecule has 0 atom stereocenters. The molecule has 0 amide bonds. The molecule has 7 nitrogen and oxygen atoms in total. The summed E-state index contributed by atoms with van der Waals surface area (Å²) in [4.78, 5) is 5.33. The average molecular weight is 522 g/mol. The van der Waals surface area contributed by atoms with E-state index in [-0.39, 0.29) is 32.7 Å². The monoisotopic (exact) mass is 521 g/mol. The van der Waals surface area contributed by atoms with E-state index in [1.54, 1.807) is 4.90 Å². The maximum absolute atomic E-state index is 13.4. The van der Waals surface area contributed by atoms with Crippen LogP contribution in [0.15, 0.2) is 57.8 Å². The van der Waals surface area contributed by atoms with Crippen LogP contribution in [0.2, 0.25) is 10.0 Å². The van der Waals surface area contributed by atoms with E-state index in [2.05, 4.69) is 21.9 Å². The summed E-state index contributed by atoms with van der Waals surface area (Å²) in [5, 5.41) is -0.249. The molecule has 0 fully saturated rings. The van der Waals surface area contributed by atoms with E-state index in [4.69, 9.17) is 29.0 Å². The zero-order valence-corrected chi connectivity index (χ0v) is 19.4. The number of allylic oxidation sites excluding steroid dienone is 1. The number of hydrogen-bond donors (Lipinski definition) is 3. The van der Waals surface area contributed by atoms with Gasteiger partial charge in [0.2, 0.25) is 0 Å². The molecule has 0 bridgehead atoms. The Kier molecular flexibility index (Phi) is 7.47. The summed E-state index contributed by atoms with van der Waals surface area (Å²) in [6, 6.07) is 6.81. The van der Waals surface area contributed by atoms with Gasteiger partial charge in [-0.25, -0.2) is 14.3 Å². The minimum Gasteiger partial charge on any atom is -0.351 e. The number of nitrogens with one attached hydrogen (secondary N) is 2. The maximum atomic E-state index is 13.4. The number of nitrogens with zero attached hydrogens (tertiary/aromatic N) is 2. The molecule has 0 radical (unpaired) electrons. The van der Waals surface area contributed by atoms with Gasteiger partial charge in [-0.1, -0.05) is 35.3 Å². The highest BCUT2D eigenvalue weighted by Crippen LogP contribution is 2.35. The van der Waals surface area contributed by atoms with Gasteiger partial charge < -0.3 is 10.3 Å². The molecule has 1 aliphatic heterocycles. The fourth-order valence-corrected chi connectivity index (χ4v) is 5.27. The van der Waals surface area contributed by atoms with Crippen molar-refractivity contribution in [2.75, 3.05) is 11.3 Å². The van der Waals surface area contributed by atoms with Crippen LogP contribution in [0.3, 0.4) is 0 Å². The summed E-state index contributed by atoms with van der Waals surface area (Å²) in [5.74, 6) is 6.08. The van der Waals surface area contributed by atoms with Gasteiger partial charge in [0.1, 0.15) is 10.7 Å². The fraction of sp³-hybridized carbons (Fsp3) is 0.250. The summed E-state index contributed by atoms with van der Waals surface area (Å²) in [6.07, 6.45) is -3.35. The number of sulfonamides is 1. The molecule has 3 rings (SSSR count). The van der Waals surface area contributed by atoms with Gasteiger partial charge in [-0.3, -0.25) is 9.71 Å².